The number of carboxylic acid groups (broad SMARTS) is 1. The molecule has 2 rings (SSSR count). The Morgan fingerprint density at radius 1 is 1.00 bits per heavy atom. The van der Waals surface area contributed by atoms with E-state index in [0.717, 1.165) is 11.0 Å². The second-order valence-corrected chi connectivity index (χ2v) is 8.56. The van der Waals surface area contributed by atoms with Crippen LogP contribution in [0, 0.1) is 0 Å². The first kappa shape index (κ1) is 32.6. The molecule has 0 radical (unpaired) electrons. The van der Waals surface area contributed by atoms with Gasteiger partial charge in [-0.2, -0.15) is 0 Å². The van der Waals surface area contributed by atoms with Gasteiger partial charge in [0.25, 0.3) is 5.92 Å². The molecule has 0 bridgehead atoms. The minimum Gasteiger partial charge on any atom is -0.492 e. The predicted octanol–water partition coefficient (Wildman–Crippen LogP) is 5.20. The Kier molecular flexibility index (Phi) is 12.4. The van der Waals surface area contributed by atoms with Crippen LogP contribution in [0.15, 0.2) is 48.5 Å². The summed E-state index contributed by atoms with van der Waals surface area (Å²) in [4.78, 5) is 25.3. The molecule has 0 spiro atoms. The fourth-order valence-corrected chi connectivity index (χ4v) is 3.35. The van der Waals surface area contributed by atoms with Crippen molar-refractivity contribution >= 4 is 17.7 Å². The number of urea groups is 1. The van der Waals surface area contributed by atoms with Crippen LogP contribution in [0.25, 0.3) is 0 Å². The molecule has 2 aromatic carbocycles. The first-order valence-corrected chi connectivity index (χ1v) is 12.2. The average Bonchev–Trinajstić information content (AvgIpc) is 2.85. The maximum absolute atomic E-state index is 13.1. The molecule has 0 fully saturated rings. The molecular formula is C26H31F5N2O7. The van der Waals surface area contributed by atoms with Crippen molar-refractivity contribution in [2.45, 2.75) is 38.7 Å². The molecule has 2 aromatic rings. The molecule has 2 N–H and O–H groups in total. The Labute approximate surface area is 227 Å². The number of carbonyl (C=O) groups is 2. The van der Waals surface area contributed by atoms with Crippen molar-refractivity contribution in [2.75, 3.05) is 44.8 Å². The Hall–Kier alpha value is -3.65. The smallest absolute Gasteiger partial charge is 0.492 e. The number of para-hydroxylation sites is 2. The van der Waals surface area contributed by atoms with Crippen LogP contribution in [-0.2, 0) is 20.7 Å². The van der Waals surface area contributed by atoms with E-state index in [2.05, 4.69) is 10.1 Å². The molecule has 0 heterocycles. The minimum absolute atomic E-state index is 0.0614. The largest absolute Gasteiger partial charge is 0.573 e. The lowest BCUT2D eigenvalue weighted by molar-refractivity contribution is -0.274. The van der Waals surface area contributed by atoms with Crippen LogP contribution in [0.5, 0.6) is 11.5 Å². The fourth-order valence-electron chi connectivity index (χ4n) is 3.35. The monoisotopic (exact) mass is 578 g/mol. The number of aliphatic carboxylic acids is 1. The Morgan fingerprint density at radius 2 is 1.65 bits per heavy atom. The number of ether oxygens (including phenoxy) is 4. The predicted molar refractivity (Wildman–Crippen MR) is 134 cm³/mol. The van der Waals surface area contributed by atoms with Crippen molar-refractivity contribution in [3.05, 3.63) is 54.1 Å². The number of amides is 2. The van der Waals surface area contributed by atoms with Crippen molar-refractivity contribution in [3.8, 4) is 11.5 Å². The third kappa shape index (κ3) is 12.5. The quantitative estimate of drug-likeness (QED) is 0.208. The zero-order valence-electron chi connectivity index (χ0n) is 21.9. The second-order valence-electron chi connectivity index (χ2n) is 8.56. The van der Waals surface area contributed by atoms with Gasteiger partial charge in [-0.1, -0.05) is 24.3 Å². The molecule has 9 nitrogen and oxygen atoms in total. The van der Waals surface area contributed by atoms with Crippen LogP contribution in [0.4, 0.5) is 32.4 Å². The molecule has 0 aliphatic heterocycles. The highest BCUT2D eigenvalue weighted by atomic mass is 19.4. The van der Waals surface area contributed by atoms with E-state index in [1.807, 2.05) is 0 Å². The van der Waals surface area contributed by atoms with Gasteiger partial charge < -0.3 is 34.3 Å². The fraction of sp³-hybridized carbons (Fsp3) is 0.462. The summed E-state index contributed by atoms with van der Waals surface area (Å²) in [5.41, 5.74) is 0.442. The molecular weight excluding hydrogens is 547 g/mol. The normalized spacial score (nSPS) is 12.5. The van der Waals surface area contributed by atoms with Crippen molar-refractivity contribution in [2.24, 2.45) is 0 Å². The lowest BCUT2D eigenvalue weighted by Crippen LogP contribution is -2.40. The van der Waals surface area contributed by atoms with E-state index in [-0.39, 0.29) is 45.0 Å². The van der Waals surface area contributed by atoms with Crippen LogP contribution >= 0.6 is 0 Å². The van der Waals surface area contributed by atoms with E-state index < -0.39 is 42.7 Å². The Bertz CT molecular complexity index is 1080. The van der Waals surface area contributed by atoms with Crippen molar-refractivity contribution in [3.63, 3.8) is 0 Å². The molecule has 0 saturated heterocycles. The summed E-state index contributed by atoms with van der Waals surface area (Å²) in [5, 5.41) is 11.5. The van der Waals surface area contributed by atoms with E-state index in [1.165, 1.54) is 18.2 Å². The lowest BCUT2D eigenvalue weighted by Gasteiger charge is -2.24. The highest BCUT2D eigenvalue weighted by molar-refractivity contribution is 5.91. The van der Waals surface area contributed by atoms with E-state index in [9.17, 15) is 36.6 Å². The molecule has 1 atom stereocenters. The molecule has 0 saturated carbocycles. The topological polar surface area (TPSA) is 107 Å². The van der Waals surface area contributed by atoms with Crippen LogP contribution in [0.1, 0.15) is 19.4 Å². The maximum atomic E-state index is 13.1. The van der Waals surface area contributed by atoms with Crippen LogP contribution in [-0.4, -0.2) is 79.9 Å². The van der Waals surface area contributed by atoms with Crippen LogP contribution in [0.2, 0.25) is 0 Å². The number of halogens is 5. The summed E-state index contributed by atoms with van der Waals surface area (Å²) in [6, 6.07) is 10.6. The van der Waals surface area contributed by atoms with Crippen molar-refractivity contribution in [1.29, 1.82) is 0 Å². The Balaban J connectivity index is 2.02. The number of benzene rings is 2. The molecule has 0 aliphatic rings. The molecule has 40 heavy (non-hydrogen) atoms. The second kappa shape index (κ2) is 15.2. The molecule has 0 aromatic heterocycles. The Morgan fingerprint density at radius 3 is 2.25 bits per heavy atom. The van der Waals surface area contributed by atoms with Gasteiger partial charge in [-0.15, -0.1) is 13.2 Å². The summed E-state index contributed by atoms with van der Waals surface area (Å²) in [6.45, 7) is 1.16. The van der Waals surface area contributed by atoms with Crippen LogP contribution < -0.4 is 14.8 Å². The molecule has 14 heteroatoms. The molecule has 2 amide bonds. The van der Waals surface area contributed by atoms with Gasteiger partial charge in [-0.25, -0.2) is 18.4 Å². The summed E-state index contributed by atoms with van der Waals surface area (Å²) in [7, 11) is 0. The van der Waals surface area contributed by atoms with Crippen LogP contribution in [0.3, 0.4) is 0 Å². The van der Waals surface area contributed by atoms with E-state index in [1.54, 1.807) is 31.2 Å². The number of hydrogen-bond acceptors (Lipinski definition) is 6. The lowest BCUT2D eigenvalue weighted by atomic mass is 10.1. The number of nitrogens with zero attached hydrogens (tertiary/aromatic N) is 1. The average molecular weight is 579 g/mol. The number of nitrogens with one attached hydrogen (secondary N) is 1. The number of hydrogen-bond donors (Lipinski definition) is 2. The van der Waals surface area contributed by atoms with Gasteiger partial charge in [0, 0.05) is 26.5 Å². The third-order valence-corrected chi connectivity index (χ3v) is 5.12. The number of alkyl halides is 5. The number of rotatable bonds is 16. The first-order valence-electron chi connectivity index (χ1n) is 12.2. The minimum atomic E-state index is -4.99. The van der Waals surface area contributed by atoms with Gasteiger partial charge in [-0.3, -0.25) is 0 Å². The van der Waals surface area contributed by atoms with Crippen molar-refractivity contribution in [1.82, 2.24) is 4.90 Å². The maximum Gasteiger partial charge on any atom is 0.573 e. The summed E-state index contributed by atoms with van der Waals surface area (Å²) in [6.07, 6.45) is -5.83. The van der Waals surface area contributed by atoms with E-state index >= 15 is 0 Å². The van der Waals surface area contributed by atoms with Gasteiger partial charge in [0.1, 0.15) is 19.0 Å². The highest BCUT2D eigenvalue weighted by Gasteiger charge is 2.32. The van der Waals surface area contributed by atoms with Gasteiger partial charge in [0.2, 0.25) is 0 Å². The number of carbonyl (C=O) groups excluding carboxylic acids is 1. The zero-order valence-corrected chi connectivity index (χ0v) is 21.9. The highest BCUT2D eigenvalue weighted by Crippen LogP contribution is 2.30. The zero-order chi connectivity index (χ0) is 29.8. The summed E-state index contributed by atoms with van der Waals surface area (Å²) >= 11 is 0. The third-order valence-electron chi connectivity index (χ3n) is 5.12. The number of carboxylic acids is 1. The standard InChI is InChI=1S/C26H31F5N2O7/c1-3-38-22(23(34)35)16-18-8-10-19(11-9-18)39-15-13-33(12-14-37-17-25(2,27)28)24(36)32-20-6-4-5-7-21(20)40-26(29,30)31/h4-11,22H,3,12-17H2,1-2H3,(H,32,36)(H,34,35). The summed E-state index contributed by atoms with van der Waals surface area (Å²) in [5.74, 6) is -4.39. The molecule has 0 aliphatic carbocycles. The van der Waals surface area contributed by atoms with E-state index in [0.29, 0.717) is 18.2 Å². The SMILES string of the molecule is CCOC(Cc1ccc(OCCN(CCOCC(C)(F)F)C(=O)Nc2ccccc2OC(F)(F)F)cc1)C(=O)O. The van der Waals surface area contributed by atoms with E-state index in [4.69, 9.17) is 14.2 Å². The van der Waals surface area contributed by atoms with Gasteiger partial charge in [0.05, 0.1) is 18.8 Å². The van der Waals surface area contributed by atoms with Gasteiger partial charge >= 0.3 is 18.4 Å². The molecule has 222 valence electrons. The summed E-state index contributed by atoms with van der Waals surface area (Å²) < 4.78 is 84.0. The number of anilines is 1. The van der Waals surface area contributed by atoms with Gasteiger partial charge in [0.15, 0.2) is 11.9 Å². The first-order chi connectivity index (χ1) is 18.8. The molecule has 1 unspecified atom stereocenters. The van der Waals surface area contributed by atoms with Crippen molar-refractivity contribution < 1.29 is 55.6 Å². The van der Waals surface area contributed by atoms with Gasteiger partial charge in [-0.05, 0) is 36.8 Å².